The van der Waals surface area contributed by atoms with E-state index in [4.69, 9.17) is 14.2 Å². The fourth-order valence-corrected chi connectivity index (χ4v) is 3.29. The molecule has 1 saturated heterocycles. The van der Waals surface area contributed by atoms with Crippen molar-refractivity contribution in [2.24, 2.45) is 5.92 Å². The fraction of sp³-hybridized carbons (Fsp3) is 0.667. The number of aliphatic hydroxyl groups excluding tert-OH is 1. The summed E-state index contributed by atoms with van der Waals surface area (Å²) in [4.78, 5) is 2.42. The number of hydrogen-bond acceptors (Lipinski definition) is 5. The van der Waals surface area contributed by atoms with Gasteiger partial charge in [-0.1, -0.05) is 0 Å². The van der Waals surface area contributed by atoms with Crippen molar-refractivity contribution < 1.29 is 19.3 Å². The van der Waals surface area contributed by atoms with E-state index >= 15 is 0 Å². The summed E-state index contributed by atoms with van der Waals surface area (Å²) in [5.41, 5.74) is 0.792. The molecule has 2 atom stereocenters. The molecular formula is C18H27NO4. The second kappa shape index (κ2) is 7.51. The molecule has 0 unspecified atom stereocenters. The lowest BCUT2D eigenvalue weighted by atomic mass is 10.0. The number of ether oxygens (including phenoxy) is 3. The molecule has 0 radical (unpaired) electrons. The Morgan fingerprint density at radius 3 is 2.70 bits per heavy atom. The zero-order valence-electron chi connectivity index (χ0n) is 14.0. The highest BCUT2D eigenvalue weighted by Crippen LogP contribution is 2.34. The zero-order chi connectivity index (χ0) is 16.2. The molecule has 0 bridgehead atoms. The molecule has 1 heterocycles. The third-order valence-electron chi connectivity index (χ3n) is 4.78. The third kappa shape index (κ3) is 4.16. The highest BCUT2D eigenvalue weighted by Gasteiger charge is 2.33. The maximum absolute atomic E-state index is 10.8. The van der Waals surface area contributed by atoms with Crippen molar-refractivity contribution >= 4 is 0 Å². The third-order valence-corrected chi connectivity index (χ3v) is 4.78. The Morgan fingerprint density at radius 1 is 1.26 bits per heavy atom. The van der Waals surface area contributed by atoms with Gasteiger partial charge < -0.3 is 19.3 Å². The average Bonchev–Trinajstić information content (AvgIpc) is 3.31. The van der Waals surface area contributed by atoms with E-state index in [1.165, 1.54) is 12.8 Å². The first-order valence-electron chi connectivity index (χ1n) is 8.43. The van der Waals surface area contributed by atoms with Gasteiger partial charge in [-0.05, 0) is 43.4 Å². The van der Waals surface area contributed by atoms with Crippen LogP contribution < -0.4 is 9.47 Å². The summed E-state index contributed by atoms with van der Waals surface area (Å²) in [7, 11) is 3.26. The molecule has 5 heteroatoms. The van der Waals surface area contributed by atoms with Gasteiger partial charge in [0.2, 0.25) is 0 Å². The van der Waals surface area contributed by atoms with E-state index in [0.29, 0.717) is 24.3 Å². The second-order valence-corrected chi connectivity index (χ2v) is 6.54. The molecule has 0 spiro atoms. The first-order chi connectivity index (χ1) is 11.2. The average molecular weight is 321 g/mol. The van der Waals surface area contributed by atoms with Gasteiger partial charge in [0.15, 0.2) is 0 Å². The van der Waals surface area contributed by atoms with Gasteiger partial charge >= 0.3 is 0 Å². The Balaban J connectivity index is 1.69. The quantitative estimate of drug-likeness (QED) is 0.796. The summed E-state index contributed by atoms with van der Waals surface area (Å²) >= 11 is 0. The van der Waals surface area contributed by atoms with Crippen LogP contribution in [0.1, 0.15) is 30.9 Å². The molecule has 1 aromatic rings. The lowest BCUT2D eigenvalue weighted by Crippen LogP contribution is -2.35. The monoisotopic (exact) mass is 321 g/mol. The number of nitrogens with zero attached hydrogens (tertiary/aromatic N) is 1. The van der Waals surface area contributed by atoms with E-state index in [0.717, 1.165) is 37.5 Å². The smallest absolute Gasteiger partial charge is 0.124 e. The molecule has 1 aromatic carbocycles. The van der Waals surface area contributed by atoms with E-state index in [-0.39, 0.29) is 0 Å². The number of rotatable bonds is 8. The van der Waals surface area contributed by atoms with Crippen LogP contribution in [0.3, 0.4) is 0 Å². The molecule has 2 aliphatic rings. The lowest BCUT2D eigenvalue weighted by Gasteiger charge is -2.28. The van der Waals surface area contributed by atoms with Crippen molar-refractivity contribution in [1.29, 1.82) is 0 Å². The van der Waals surface area contributed by atoms with Crippen molar-refractivity contribution in [3.63, 3.8) is 0 Å². The van der Waals surface area contributed by atoms with Crippen LogP contribution in [0.15, 0.2) is 18.2 Å². The standard InChI is InChI=1S/C18H27NO4/c1-21-15-5-6-18(22-2)16(9-15)17(20)11-19(14-3-4-14)10-13-7-8-23-12-13/h5-6,9,13-14,17,20H,3-4,7-8,10-12H2,1-2H3/t13-,17-/m0/s1. The molecule has 3 rings (SSSR count). The molecule has 1 aliphatic heterocycles. The van der Waals surface area contributed by atoms with Crippen LogP contribution in [0, 0.1) is 5.92 Å². The summed E-state index contributed by atoms with van der Waals surface area (Å²) in [6, 6.07) is 6.18. The fourth-order valence-electron chi connectivity index (χ4n) is 3.29. The first kappa shape index (κ1) is 16.6. The summed E-state index contributed by atoms with van der Waals surface area (Å²) in [5, 5.41) is 10.8. The number of aliphatic hydroxyl groups is 1. The number of hydrogen-bond donors (Lipinski definition) is 1. The van der Waals surface area contributed by atoms with Gasteiger partial charge in [0.1, 0.15) is 11.5 Å². The molecule has 0 aromatic heterocycles. The van der Waals surface area contributed by atoms with Crippen molar-refractivity contribution in [3.8, 4) is 11.5 Å². The van der Waals surface area contributed by atoms with E-state index in [2.05, 4.69) is 4.90 Å². The molecule has 128 valence electrons. The van der Waals surface area contributed by atoms with Gasteiger partial charge in [-0.2, -0.15) is 0 Å². The molecule has 1 aliphatic carbocycles. The van der Waals surface area contributed by atoms with Crippen molar-refractivity contribution in [1.82, 2.24) is 4.90 Å². The SMILES string of the molecule is COc1ccc(OC)c([C@@H](O)CN(C[C@@H]2CCOC2)C2CC2)c1. The minimum Gasteiger partial charge on any atom is -0.497 e. The van der Waals surface area contributed by atoms with E-state index < -0.39 is 6.10 Å². The van der Waals surface area contributed by atoms with Crippen LogP contribution in [0.2, 0.25) is 0 Å². The largest absolute Gasteiger partial charge is 0.497 e. The van der Waals surface area contributed by atoms with Crippen LogP contribution in [0.5, 0.6) is 11.5 Å². The van der Waals surface area contributed by atoms with E-state index in [1.807, 2.05) is 18.2 Å². The molecule has 2 fully saturated rings. The van der Waals surface area contributed by atoms with Crippen LogP contribution in [-0.4, -0.2) is 56.6 Å². The van der Waals surface area contributed by atoms with Crippen LogP contribution in [0.25, 0.3) is 0 Å². The molecule has 1 N–H and O–H groups in total. The highest BCUT2D eigenvalue weighted by molar-refractivity contribution is 5.41. The summed E-state index contributed by atoms with van der Waals surface area (Å²) in [6.07, 6.45) is 3.01. The second-order valence-electron chi connectivity index (χ2n) is 6.54. The predicted molar refractivity (Wildman–Crippen MR) is 88.0 cm³/mol. The van der Waals surface area contributed by atoms with E-state index in [9.17, 15) is 5.11 Å². The number of methoxy groups -OCH3 is 2. The topological polar surface area (TPSA) is 51.2 Å². The molecule has 1 saturated carbocycles. The van der Waals surface area contributed by atoms with Crippen LogP contribution in [0.4, 0.5) is 0 Å². The van der Waals surface area contributed by atoms with Gasteiger partial charge in [0, 0.05) is 31.3 Å². The predicted octanol–water partition coefficient (Wildman–Crippen LogP) is 2.24. The Morgan fingerprint density at radius 2 is 2.09 bits per heavy atom. The maximum Gasteiger partial charge on any atom is 0.124 e. The minimum absolute atomic E-state index is 0.581. The molecule has 5 nitrogen and oxygen atoms in total. The Bertz CT molecular complexity index is 512. The van der Waals surface area contributed by atoms with Gasteiger partial charge in [0.05, 0.1) is 26.9 Å². The summed E-state index contributed by atoms with van der Waals surface area (Å²) < 4.78 is 16.2. The zero-order valence-corrected chi connectivity index (χ0v) is 14.0. The highest BCUT2D eigenvalue weighted by atomic mass is 16.5. The first-order valence-corrected chi connectivity index (χ1v) is 8.43. The van der Waals surface area contributed by atoms with Gasteiger partial charge in [-0.25, -0.2) is 0 Å². The molecule has 23 heavy (non-hydrogen) atoms. The van der Waals surface area contributed by atoms with Crippen LogP contribution >= 0.6 is 0 Å². The minimum atomic E-state index is -0.581. The Hall–Kier alpha value is -1.30. The van der Waals surface area contributed by atoms with Crippen molar-refractivity contribution in [3.05, 3.63) is 23.8 Å². The van der Waals surface area contributed by atoms with Crippen molar-refractivity contribution in [2.75, 3.05) is 40.5 Å². The summed E-state index contributed by atoms with van der Waals surface area (Å²) in [5.74, 6) is 2.04. The van der Waals surface area contributed by atoms with Crippen molar-refractivity contribution in [2.45, 2.75) is 31.4 Å². The molecule has 0 amide bonds. The maximum atomic E-state index is 10.8. The Kier molecular flexibility index (Phi) is 5.41. The Labute approximate surface area is 138 Å². The summed E-state index contributed by atoms with van der Waals surface area (Å²) in [6.45, 7) is 3.36. The number of benzene rings is 1. The van der Waals surface area contributed by atoms with Gasteiger partial charge in [0.25, 0.3) is 0 Å². The molecular weight excluding hydrogens is 294 g/mol. The van der Waals surface area contributed by atoms with Crippen LogP contribution in [-0.2, 0) is 4.74 Å². The van der Waals surface area contributed by atoms with Gasteiger partial charge in [-0.3, -0.25) is 4.90 Å². The van der Waals surface area contributed by atoms with Gasteiger partial charge in [-0.15, -0.1) is 0 Å². The normalized spacial score (nSPS) is 22.3. The lowest BCUT2D eigenvalue weighted by molar-refractivity contribution is 0.0921. The van der Waals surface area contributed by atoms with E-state index in [1.54, 1.807) is 14.2 Å².